The molecule has 2 aromatic heterocycles. The predicted molar refractivity (Wildman–Crippen MR) is 92.5 cm³/mol. The van der Waals surface area contributed by atoms with Crippen molar-refractivity contribution in [1.29, 1.82) is 0 Å². The van der Waals surface area contributed by atoms with E-state index in [4.69, 9.17) is 5.84 Å². The van der Waals surface area contributed by atoms with Crippen molar-refractivity contribution in [1.82, 2.24) is 24.7 Å². The fourth-order valence-electron chi connectivity index (χ4n) is 2.24. The lowest BCUT2D eigenvalue weighted by Gasteiger charge is -2.06. The van der Waals surface area contributed by atoms with Crippen molar-refractivity contribution in [3.63, 3.8) is 0 Å². The molecular weight excluding hydrogens is 345 g/mol. The molecule has 25 heavy (non-hydrogen) atoms. The van der Waals surface area contributed by atoms with Gasteiger partial charge in [0.2, 0.25) is 11.1 Å². The number of carbonyl (C=O) groups excluding carboxylic acids is 1. The third-order valence-corrected chi connectivity index (χ3v) is 4.23. The Labute approximate surface area is 147 Å². The number of carbonyl (C=O) groups is 1. The summed E-state index contributed by atoms with van der Waals surface area (Å²) in [6.45, 7) is 3.75. The van der Waals surface area contributed by atoms with Gasteiger partial charge in [0.1, 0.15) is 5.82 Å². The van der Waals surface area contributed by atoms with Crippen molar-refractivity contribution in [3.05, 3.63) is 47.5 Å². The van der Waals surface area contributed by atoms with E-state index in [0.29, 0.717) is 16.8 Å². The van der Waals surface area contributed by atoms with Crippen LogP contribution in [-0.2, 0) is 4.79 Å². The summed E-state index contributed by atoms with van der Waals surface area (Å²) in [7, 11) is 0. The number of aromatic nitrogens is 5. The van der Waals surface area contributed by atoms with E-state index >= 15 is 0 Å². The van der Waals surface area contributed by atoms with Gasteiger partial charge in [0.15, 0.2) is 0 Å². The average molecular weight is 361 g/mol. The van der Waals surface area contributed by atoms with Gasteiger partial charge < -0.3 is 11.2 Å². The summed E-state index contributed by atoms with van der Waals surface area (Å²) in [6, 6.07) is 7.58. The largest absolute Gasteiger partial charge is 0.334 e. The monoisotopic (exact) mass is 361 g/mol. The Morgan fingerprint density at radius 1 is 1.32 bits per heavy atom. The number of aryl methyl sites for hydroxylation is 2. The number of nitrogens with two attached hydrogens (primary N) is 1. The van der Waals surface area contributed by atoms with Crippen molar-refractivity contribution in [2.45, 2.75) is 19.0 Å². The van der Waals surface area contributed by atoms with Crippen LogP contribution in [0, 0.1) is 19.7 Å². The second-order valence-electron chi connectivity index (χ2n) is 5.34. The van der Waals surface area contributed by atoms with Gasteiger partial charge in [-0.15, -0.1) is 10.2 Å². The lowest BCUT2D eigenvalue weighted by Crippen LogP contribution is -2.18. The average Bonchev–Trinajstić information content (AvgIpc) is 3.07. The number of anilines is 1. The molecule has 0 unspecified atom stereocenters. The molecule has 0 radical (unpaired) electrons. The number of hydrogen-bond acceptors (Lipinski definition) is 6. The van der Waals surface area contributed by atoms with E-state index in [1.54, 1.807) is 10.7 Å². The number of nitrogens with zero attached hydrogens (tertiary/aromatic N) is 5. The van der Waals surface area contributed by atoms with Gasteiger partial charge in [0.25, 0.3) is 5.95 Å². The number of thioether (sulfide) groups is 1. The number of hydrogen-bond donors (Lipinski definition) is 2. The Kier molecular flexibility index (Phi) is 4.70. The van der Waals surface area contributed by atoms with Gasteiger partial charge in [-0.1, -0.05) is 17.8 Å². The van der Waals surface area contributed by atoms with E-state index in [9.17, 15) is 9.18 Å². The maximum atomic E-state index is 13.1. The van der Waals surface area contributed by atoms with E-state index in [0.717, 1.165) is 23.1 Å². The van der Waals surface area contributed by atoms with Gasteiger partial charge in [-0.05, 0) is 38.1 Å². The summed E-state index contributed by atoms with van der Waals surface area (Å²) in [5.41, 5.74) is 2.10. The van der Waals surface area contributed by atoms with Crippen LogP contribution in [0.25, 0.3) is 5.95 Å². The van der Waals surface area contributed by atoms with Crippen molar-refractivity contribution in [3.8, 4) is 5.95 Å². The highest BCUT2D eigenvalue weighted by molar-refractivity contribution is 7.99. The van der Waals surface area contributed by atoms with E-state index in [2.05, 4.69) is 20.6 Å². The number of nitrogen functional groups attached to an aromatic ring is 1. The quantitative estimate of drug-likeness (QED) is 0.529. The van der Waals surface area contributed by atoms with E-state index in [-0.39, 0.29) is 11.7 Å². The Morgan fingerprint density at radius 2 is 2.12 bits per heavy atom. The standard InChI is InChI=1S/C15H16FN7OS/c1-9-6-10(2)23(21-9)14-19-20-15(22(14)17)25-8-13(24)18-12-5-3-4-11(16)7-12/h3-7H,8,17H2,1-2H3,(H,18,24). The molecule has 3 N–H and O–H groups in total. The van der Waals surface area contributed by atoms with Gasteiger partial charge >= 0.3 is 0 Å². The first-order valence-electron chi connectivity index (χ1n) is 7.36. The molecule has 0 bridgehead atoms. The zero-order valence-corrected chi connectivity index (χ0v) is 14.4. The van der Waals surface area contributed by atoms with E-state index in [1.165, 1.54) is 22.9 Å². The fraction of sp³-hybridized carbons (Fsp3) is 0.200. The number of amides is 1. The molecule has 2 heterocycles. The van der Waals surface area contributed by atoms with E-state index < -0.39 is 5.82 Å². The van der Waals surface area contributed by atoms with Gasteiger partial charge in [0.05, 0.1) is 11.4 Å². The van der Waals surface area contributed by atoms with E-state index in [1.807, 2.05) is 19.9 Å². The first-order valence-corrected chi connectivity index (χ1v) is 8.35. The minimum atomic E-state index is -0.415. The molecule has 0 aliphatic carbocycles. The molecule has 0 spiro atoms. The van der Waals surface area contributed by atoms with Crippen LogP contribution in [-0.4, -0.2) is 36.3 Å². The summed E-state index contributed by atoms with van der Waals surface area (Å²) in [4.78, 5) is 12.0. The minimum Gasteiger partial charge on any atom is -0.334 e. The zero-order valence-electron chi connectivity index (χ0n) is 13.6. The number of benzene rings is 1. The van der Waals surface area contributed by atoms with Crippen molar-refractivity contribution >= 4 is 23.4 Å². The Hall–Kier alpha value is -2.88. The smallest absolute Gasteiger partial charge is 0.271 e. The lowest BCUT2D eigenvalue weighted by molar-refractivity contribution is -0.113. The number of rotatable bonds is 5. The molecule has 0 atom stereocenters. The maximum Gasteiger partial charge on any atom is 0.271 e. The van der Waals surface area contributed by atoms with Crippen LogP contribution in [0.15, 0.2) is 35.5 Å². The molecule has 0 aliphatic heterocycles. The SMILES string of the molecule is Cc1cc(C)n(-c2nnc(SCC(=O)Nc3cccc(F)c3)n2N)n1. The molecule has 0 saturated carbocycles. The summed E-state index contributed by atoms with van der Waals surface area (Å²) in [5.74, 6) is 5.70. The van der Waals surface area contributed by atoms with Gasteiger partial charge in [-0.3, -0.25) is 4.79 Å². The molecule has 130 valence electrons. The van der Waals surface area contributed by atoms with Crippen LogP contribution in [0.2, 0.25) is 0 Å². The summed E-state index contributed by atoms with van der Waals surface area (Å²) in [6.07, 6.45) is 0. The highest BCUT2D eigenvalue weighted by Crippen LogP contribution is 2.18. The van der Waals surface area contributed by atoms with Crippen LogP contribution in [0.5, 0.6) is 0 Å². The number of nitrogens with one attached hydrogen (secondary N) is 1. The Morgan fingerprint density at radius 3 is 2.80 bits per heavy atom. The summed E-state index contributed by atoms with van der Waals surface area (Å²) in [5, 5.41) is 15.3. The van der Waals surface area contributed by atoms with Crippen LogP contribution >= 0.6 is 11.8 Å². The summed E-state index contributed by atoms with van der Waals surface area (Å²) >= 11 is 1.12. The second-order valence-corrected chi connectivity index (χ2v) is 6.28. The van der Waals surface area contributed by atoms with Crippen molar-refractivity contribution in [2.24, 2.45) is 0 Å². The zero-order chi connectivity index (χ0) is 18.0. The molecule has 1 amide bonds. The third kappa shape index (κ3) is 3.79. The topological polar surface area (TPSA) is 104 Å². The molecule has 0 fully saturated rings. The highest BCUT2D eigenvalue weighted by Gasteiger charge is 2.16. The summed E-state index contributed by atoms with van der Waals surface area (Å²) < 4.78 is 16.0. The molecule has 3 aromatic rings. The van der Waals surface area contributed by atoms with Crippen LogP contribution in [0.4, 0.5) is 10.1 Å². The molecule has 1 aromatic carbocycles. The highest BCUT2D eigenvalue weighted by atomic mass is 32.2. The van der Waals surface area contributed by atoms with Crippen molar-refractivity contribution < 1.29 is 9.18 Å². The van der Waals surface area contributed by atoms with Crippen LogP contribution in [0.1, 0.15) is 11.4 Å². The Bertz CT molecular complexity index is 920. The molecule has 0 saturated heterocycles. The number of halogens is 1. The molecule has 10 heteroatoms. The first kappa shape index (κ1) is 17.0. The van der Waals surface area contributed by atoms with Crippen LogP contribution in [0.3, 0.4) is 0 Å². The third-order valence-electron chi connectivity index (χ3n) is 3.29. The van der Waals surface area contributed by atoms with Gasteiger partial charge in [-0.25, -0.2) is 13.7 Å². The maximum absolute atomic E-state index is 13.1. The second kappa shape index (κ2) is 6.93. The molecular formula is C15H16FN7OS. The molecule has 0 aliphatic rings. The predicted octanol–water partition coefficient (Wildman–Crippen LogP) is 1.66. The minimum absolute atomic E-state index is 0.0585. The molecule has 3 rings (SSSR count). The van der Waals surface area contributed by atoms with Gasteiger partial charge in [-0.2, -0.15) is 5.10 Å². The van der Waals surface area contributed by atoms with Gasteiger partial charge in [0, 0.05) is 11.4 Å². The fourth-order valence-corrected chi connectivity index (χ4v) is 2.89. The lowest BCUT2D eigenvalue weighted by atomic mass is 10.3. The Balaban J connectivity index is 1.66. The normalized spacial score (nSPS) is 10.8. The first-order chi connectivity index (χ1) is 11.9. The van der Waals surface area contributed by atoms with Crippen LogP contribution < -0.4 is 11.2 Å². The van der Waals surface area contributed by atoms with Crippen molar-refractivity contribution in [2.75, 3.05) is 16.9 Å². The molecule has 8 nitrogen and oxygen atoms in total.